The van der Waals surface area contributed by atoms with Crippen LogP contribution in [0.4, 0.5) is 0 Å². The fourth-order valence-electron chi connectivity index (χ4n) is 4.38. The minimum Gasteiger partial charge on any atom is -0.356 e. The van der Waals surface area contributed by atoms with Gasteiger partial charge in [-0.15, -0.1) is 0 Å². The van der Waals surface area contributed by atoms with E-state index in [0.717, 1.165) is 58.7 Å². The van der Waals surface area contributed by atoms with E-state index in [1.54, 1.807) is 12.4 Å². The van der Waals surface area contributed by atoms with Crippen molar-refractivity contribution in [2.45, 2.75) is 51.5 Å². The lowest BCUT2D eigenvalue weighted by Crippen LogP contribution is -2.40. The Hall–Kier alpha value is -1.99. The summed E-state index contributed by atoms with van der Waals surface area (Å²) < 4.78 is 0. The van der Waals surface area contributed by atoms with Crippen LogP contribution in [0.25, 0.3) is 0 Å². The number of hydrogen-bond acceptors (Lipinski definition) is 5. The molecule has 2 saturated heterocycles. The predicted molar refractivity (Wildman–Crippen MR) is 118 cm³/mol. The van der Waals surface area contributed by atoms with Crippen LogP contribution < -0.4 is 10.6 Å². The molecule has 2 N–H and O–H groups in total. The summed E-state index contributed by atoms with van der Waals surface area (Å²) in [6.07, 6.45) is 10.5. The molecule has 7 heteroatoms. The molecular formula is C23H37N5O2. The summed E-state index contributed by atoms with van der Waals surface area (Å²) in [7, 11) is 0. The highest BCUT2D eigenvalue weighted by Crippen LogP contribution is 2.15. The molecule has 30 heavy (non-hydrogen) atoms. The topological polar surface area (TPSA) is 77.6 Å². The minimum absolute atomic E-state index is 0.0347. The summed E-state index contributed by atoms with van der Waals surface area (Å²) in [5.74, 6) is 0.176. The summed E-state index contributed by atoms with van der Waals surface area (Å²) >= 11 is 0. The number of pyridine rings is 1. The number of hydrogen-bond donors (Lipinski definition) is 2. The van der Waals surface area contributed by atoms with Gasteiger partial charge < -0.3 is 15.5 Å². The Kier molecular flexibility index (Phi) is 9.57. The second-order valence-corrected chi connectivity index (χ2v) is 8.55. The number of likely N-dealkylation sites (tertiary alicyclic amines) is 1. The van der Waals surface area contributed by atoms with Gasteiger partial charge in [0.1, 0.15) is 0 Å². The van der Waals surface area contributed by atoms with Gasteiger partial charge in [-0.1, -0.05) is 6.42 Å². The molecule has 1 unspecified atom stereocenters. The average Bonchev–Trinajstić information content (AvgIpc) is 2.81. The first-order chi connectivity index (χ1) is 14.7. The molecule has 2 aliphatic heterocycles. The smallest absolute Gasteiger partial charge is 0.223 e. The molecule has 0 radical (unpaired) electrons. The number of rotatable bonds is 6. The quantitative estimate of drug-likeness (QED) is 0.741. The first kappa shape index (κ1) is 22.7. The van der Waals surface area contributed by atoms with Crippen molar-refractivity contribution in [1.29, 1.82) is 0 Å². The standard InChI is InChI=1S/C23H37N5O2/c29-22-9-17-28(19-20-6-10-24-11-7-20)16-4-5-21(8-12-25-22)23(30)26-13-18-27-14-2-1-3-15-27/h6-7,10-11,21H,1-5,8-9,12-19H2,(H,25,29)(H,26,30). The molecule has 0 saturated carbocycles. The monoisotopic (exact) mass is 415 g/mol. The number of piperidine rings is 1. The summed E-state index contributed by atoms with van der Waals surface area (Å²) in [4.78, 5) is 33.8. The van der Waals surface area contributed by atoms with Crippen LogP contribution in [0.3, 0.4) is 0 Å². The molecule has 0 aliphatic carbocycles. The molecule has 166 valence electrons. The van der Waals surface area contributed by atoms with Crippen molar-refractivity contribution in [1.82, 2.24) is 25.4 Å². The van der Waals surface area contributed by atoms with E-state index in [2.05, 4.69) is 25.4 Å². The van der Waals surface area contributed by atoms with Gasteiger partial charge in [-0.3, -0.25) is 19.5 Å². The maximum atomic E-state index is 12.8. The molecule has 2 fully saturated rings. The Morgan fingerprint density at radius 1 is 1.03 bits per heavy atom. The number of carbonyl (C=O) groups is 2. The van der Waals surface area contributed by atoms with Crippen LogP contribution in [-0.4, -0.2) is 72.4 Å². The first-order valence-electron chi connectivity index (χ1n) is 11.6. The summed E-state index contributed by atoms with van der Waals surface area (Å²) in [6.45, 7) is 6.98. The second-order valence-electron chi connectivity index (χ2n) is 8.55. The van der Waals surface area contributed by atoms with Crippen LogP contribution in [0.5, 0.6) is 0 Å². The largest absolute Gasteiger partial charge is 0.356 e. The summed E-state index contributed by atoms with van der Waals surface area (Å²) in [5, 5.41) is 6.14. The zero-order valence-electron chi connectivity index (χ0n) is 18.2. The maximum absolute atomic E-state index is 12.8. The number of nitrogens with zero attached hydrogens (tertiary/aromatic N) is 3. The molecule has 0 aromatic carbocycles. The molecule has 1 aromatic heterocycles. The van der Waals surface area contributed by atoms with Crippen LogP contribution in [0.1, 0.15) is 50.5 Å². The average molecular weight is 416 g/mol. The van der Waals surface area contributed by atoms with Crippen LogP contribution >= 0.6 is 0 Å². The van der Waals surface area contributed by atoms with Crippen LogP contribution in [0.15, 0.2) is 24.5 Å². The molecule has 7 nitrogen and oxygen atoms in total. The van der Waals surface area contributed by atoms with Crippen molar-refractivity contribution in [2.75, 3.05) is 45.8 Å². The molecular weight excluding hydrogens is 378 g/mol. The van der Waals surface area contributed by atoms with Crippen molar-refractivity contribution < 1.29 is 9.59 Å². The number of carbonyl (C=O) groups excluding carboxylic acids is 2. The SMILES string of the molecule is O=C1CCN(Cc2ccncc2)CCCC(C(=O)NCCN2CCCCC2)CCN1. The third kappa shape index (κ3) is 8.03. The minimum atomic E-state index is -0.0347. The Bertz CT molecular complexity index is 648. The first-order valence-corrected chi connectivity index (χ1v) is 11.6. The van der Waals surface area contributed by atoms with Gasteiger partial charge in [0, 0.05) is 57.5 Å². The molecule has 3 rings (SSSR count). The third-order valence-corrected chi connectivity index (χ3v) is 6.20. The lowest BCUT2D eigenvalue weighted by molar-refractivity contribution is -0.126. The zero-order valence-corrected chi connectivity index (χ0v) is 18.2. The van der Waals surface area contributed by atoms with Crippen LogP contribution in [-0.2, 0) is 16.1 Å². The second kappa shape index (κ2) is 12.6. The number of aromatic nitrogens is 1. The van der Waals surface area contributed by atoms with Gasteiger partial charge in [0.2, 0.25) is 11.8 Å². The lowest BCUT2D eigenvalue weighted by Gasteiger charge is -2.27. The third-order valence-electron chi connectivity index (χ3n) is 6.20. The van der Waals surface area contributed by atoms with E-state index in [-0.39, 0.29) is 17.7 Å². The Morgan fingerprint density at radius 2 is 1.80 bits per heavy atom. The van der Waals surface area contributed by atoms with Gasteiger partial charge in [-0.05, 0) is 69.4 Å². The fraction of sp³-hybridized carbons (Fsp3) is 0.696. The van der Waals surface area contributed by atoms with Gasteiger partial charge in [0.15, 0.2) is 0 Å². The highest BCUT2D eigenvalue weighted by atomic mass is 16.2. The lowest BCUT2D eigenvalue weighted by atomic mass is 9.98. The van der Waals surface area contributed by atoms with Gasteiger partial charge in [0.05, 0.1) is 0 Å². The highest BCUT2D eigenvalue weighted by molar-refractivity contribution is 5.79. The van der Waals surface area contributed by atoms with E-state index in [9.17, 15) is 9.59 Å². The molecule has 2 amide bonds. The molecule has 0 bridgehead atoms. The summed E-state index contributed by atoms with van der Waals surface area (Å²) in [6, 6.07) is 4.04. The normalized spacial score (nSPS) is 22.7. The van der Waals surface area contributed by atoms with Crippen molar-refractivity contribution in [2.24, 2.45) is 5.92 Å². The van der Waals surface area contributed by atoms with E-state index < -0.39 is 0 Å². The van der Waals surface area contributed by atoms with E-state index >= 15 is 0 Å². The van der Waals surface area contributed by atoms with Crippen LogP contribution in [0, 0.1) is 5.92 Å². The molecule has 1 aromatic rings. The van der Waals surface area contributed by atoms with Gasteiger partial charge >= 0.3 is 0 Å². The van der Waals surface area contributed by atoms with Gasteiger partial charge in [0.25, 0.3) is 0 Å². The number of amides is 2. The zero-order chi connectivity index (χ0) is 21.0. The van der Waals surface area contributed by atoms with Crippen molar-refractivity contribution >= 4 is 11.8 Å². The Morgan fingerprint density at radius 3 is 2.60 bits per heavy atom. The van der Waals surface area contributed by atoms with E-state index in [4.69, 9.17) is 0 Å². The number of nitrogens with one attached hydrogen (secondary N) is 2. The summed E-state index contributed by atoms with van der Waals surface area (Å²) in [5.41, 5.74) is 1.20. The van der Waals surface area contributed by atoms with Crippen molar-refractivity contribution in [3.8, 4) is 0 Å². The fourth-order valence-corrected chi connectivity index (χ4v) is 4.38. The van der Waals surface area contributed by atoms with Gasteiger partial charge in [-0.25, -0.2) is 0 Å². The predicted octanol–water partition coefficient (Wildman–Crippen LogP) is 1.79. The highest BCUT2D eigenvalue weighted by Gasteiger charge is 2.20. The van der Waals surface area contributed by atoms with Crippen molar-refractivity contribution in [3.05, 3.63) is 30.1 Å². The Balaban J connectivity index is 1.47. The molecule has 0 spiro atoms. The van der Waals surface area contributed by atoms with Crippen molar-refractivity contribution in [3.63, 3.8) is 0 Å². The van der Waals surface area contributed by atoms with Crippen LogP contribution in [0.2, 0.25) is 0 Å². The van der Waals surface area contributed by atoms with E-state index in [0.29, 0.717) is 19.4 Å². The van der Waals surface area contributed by atoms with E-state index in [1.807, 2.05) is 12.1 Å². The van der Waals surface area contributed by atoms with Gasteiger partial charge in [-0.2, -0.15) is 0 Å². The molecule has 2 aliphatic rings. The van der Waals surface area contributed by atoms with E-state index in [1.165, 1.54) is 24.8 Å². The maximum Gasteiger partial charge on any atom is 0.223 e. The molecule has 1 atom stereocenters. The molecule has 3 heterocycles. The Labute approximate surface area is 180 Å².